The fraction of sp³-hybridized carbons (Fsp3) is 0.286. The second-order valence-corrected chi connectivity index (χ2v) is 2.47. The van der Waals surface area contributed by atoms with E-state index in [9.17, 15) is 9.59 Å². The maximum atomic E-state index is 10.8. The number of ether oxygens (including phenoxy) is 1. The van der Waals surface area contributed by atoms with Crippen molar-refractivity contribution < 1.29 is 14.3 Å². The van der Waals surface area contributed by atoms with Crippen LogP contribution in [0.4, 0.5) is 0 Å². The molecule has 0 aromatic carbocycles. The normalized spacial score (nSPS) is 13.9. The number of carbonyl (C=O) groups is 2. The van der Waals surface area contributed by atoms with Crippen LogP contribution in [0.2, 0.25) is 0 Å². The molecule has 13 heavy (non-hydrogen) atoms. The first-order valence-corrected chi connectivity index (χ1v) is 3.80. The number of carbonyl (C=O) groups excluding carboxylic acids is 2. The number of amides is 1. The van der Waals surface area contributed by atoms with Crippen molar-refractivity contribution in [3.05, 3.63) is 11.7 Å². The van der Waals surface area contributed by atoms with Crippen molar-refractivity contribution in [2.75, 3.05) is 7.11 Å². The Balaban J connectivity index is 2.46. The zero-order valence-electron chi connectivity index (χ0n) is 7.24. The van der Waals surface area contributed by atoms with Gasteiger partial charge < -0.3 is 10.1 Å². The summed E-state index contributed by atoms with van der Waals surface area (Å²) >= 11 is 0. The number of nitrogens with zero attached hydrogens (tertiary/aromatic N) is 1. The SMILES string of the molecule is COC(=O)CC1=CBC(NC=O)=N1. The molecule has 0 aromatic rings. The smallest absolute Gasteiger partial charge is 0.311 e. The van der Waals surface area contributed by atoms with Gasteiger partial charge in [0.1, 0.15) is 0 Å². The molecule has 0 unspecified atom stereocenters. The van der Waals surface area contributed by atoms with Gasteiger partial charge in [0.15, 0.2) is 0 Å². The molecule has 6 heteroatoms. The second kappa shape index (κ2) is 4.44. The summed E-state index contributed by atoms with van der Waals surface area (Å²) in [6.07, 6.45) is 0.717. The molecule has 0 atom stereocenters. The number of methoxy groups -OCH3 is 1. The van der Waals surface area contributed by atoms with Gasteiger partial charge in [-0.1, -0.05) is 5.98 Å². The Morgan fingerprint density at radius 1 is 1.85 bits per heavy atom. The van der Waals surface area contributed by atoms with E-state index in [1.165, 1.54) is 7.11 Å². The second-order valence-electron chi connectivity index (χ2n) is 2.47. The number of hydrogen-bond donors (Lipinski definition) is 1. The Kier molecular flexibility index (Phi) is 3.25. The fourth-order valence-corrected chi connectivity index (χ4v) is 0.970. The lowest BCUT2D eigenvalue weighted by Gasteiger charge is -1.97. The van der Waals surface area contributed by atoms with Crippen molar-refractivity contribution in [1.29, 1.82) is 0 Å². The van der Waals surface area contributed by atoms with Gasteiger partial charge >= 0.3 is 5.97 Å². The van der Waals surface area contributed by atoms with Crippen molar-refractivity contribution in [3.63, 3.8) is 0 Å². The Labute approximate surface area is 76.1 Å². The highest BCUT2D eigenvalue weighted by Gasteiger charge is 2.12. The van der Waals surface area contributed by atoms with Gasteiger partial charge in [-0.3, -0.25) is 14.6 Å². The molecule has 1 heterocycles. The monoisotopic (exact) mass is 180 g/mol. The summed E-state index contributed by atoms with van der Waals surface area (Å²) < 4.78 is 4.47. The zero-order valence-corrected chi connectivity index (χ0v) is 7.24. The van der Waals surface area contributed by atoms with Crippen LogP contribution in [0, 0.1) is 0 Å². The van der Waals surface area contributed by atoms with E-state index in [1.54, 1.807) is 5.98 Å². The Hall–Kier alpha value is -1.59. The standard InChI is InChI=1S/C7H9BN2O3/c1-13-6(12)2-5-3-8-7(10-5)9-4-11/h3-4,8H,2H2,1H3,(H,9,10,11). The van der Waals surface area contributed by atoms with E-state index in [0.717, 1.165) is 0 Å². The number of amidine groups is 1. The highest BCUT2D eigenvalue weighted by atomic mass is 16.5. The van der Waals surface area contributed by atoms with Gasteiger partial charge in [0, 0.05) is 5.70 Å². The van der Waals surface area contributed by atoms with Gasteiger partial charge in [-0.25, -0.2) is 0 Å². The lowest BCUT2D eigenvalue weighted by Crippen LogP contribution is -2.24. The molecule has 1 aliphatic rings. The van der Waals surface area contributed by atoms with Gasteiger partial charge in [0.05, 0.1) is 19.3 Å². The number of esters is 1. The first-order chi connectivity index (χ1) is 6.26. The van der Waals surface area contributed by atoms with E-state index < -0.39 is 0 Å². The third-order valence-corrected chi connectivity index (χ3v) is 1.59. The third-order valence-electron chi connectivity index (χ3n) is 1.59. The first kappa shape index (κ1) is 9.50. The van der Waals surface area contributed by atoms with Crippen LogP contribution in [-0.2, 0) is 14.3 Å². The van der Waals surface area contributed by atoms with E-state index in [-0.39, 0.29) is 12.4 Å². The molecule has 1 rings (SSSR count). The molecular weight excluding hydrogens is 171 g/mol. The van der Waals surface area contributed by atoms with Gasteiger partial charge in [0.25, 0.3) is 0 Å². The molecule has 0 aliphatic carbocycles. The van der Waals surface area contributed by atoms with Crippen LogP contribution in [0.3, 0.4) is 0 Å². The van der Waals surface area contributed by atoms with Crippen molar-refractivity contribution in [2.45, 2.75) is 6.42 Å². The molecule has 0 aromatic heterocycles. The maximum Gasteiger partial charge on any atom is 0.311 e. The number of nitrogens with one attached hydrogen (secondary N) is 1. The van der Waals surface area contributed by atoms with Crippen LogP contribution in [0.25, 0.3) is 0 Å². The predicted molar refractivity (Wildman–Crippen MR) is 48.5 cm³/mol. The highest BCUT2D eigenvalue weighted by molar-refractivity contribution is 6.80. The molecule has 1 amide bonds. The van der Waals surface area contributed by atoms with Crippen LogP contribution >= 0.6 is 0 Å². The number of rotatable bonds is 3. The summed E-state index contributed by atoms with van der Waals surface area (Å²) in [5.74, 6) is 1.45. The van der Waals surface area contributed by atoms with E-state index >= 15 is 0 Å². The average molecular weight is 180 g/mol. The zero-order chi connectivity index (χ0) is 9.68. The first-order valence-electron chi connectivity index (χ1n) is 3.80. The number of hydrogen-bond acceptors (Lipinski definition) is 4. The van der Waals surface area contributed by atoms with Gasteiger partial charge in [-0.05, 0) is 0 Å². The summed E-state index contributed by atoms with van der Waals surface area (Å²) in [5.41, 5.74) is 1.20. The van der Waals surface area contributed by atoms with Gasteiger partial charge in [0.2, 0.25) is 13.7 Å². The van der Waals surface area contributed by atoms with Crippen molar-refractivity contribution >= 4 is 25.4 Å². The van der Waals surface area contributed by atoms with Gasteiger partial charge in [-0.15, -0.1) is 0 Å². The minimum Gasteiger partial charge on any atom is -0.469 e. The molecule has 5 nitrogen and oxygen atoms in total. The molecule has 0 radical (unpaired) electrons. The summed E-state index contributed by atoms with van der Waals surface area (Å²) in [6, 6.07) is 0. The van der Waals surface area contributed by atoms with E-state index in [4.69, 9.17) is 0 Å². The number of aliphatic imine (C=N–C) groups is 1. The quantitative estimate of drug-likeness (QED) is 0.342. The third kappa shape index (κ3) is 2.74. The van der Waals surface area contributed by atoms with Crippen LogP contribution in [0.15, 0.2) is 16.7 Å². The minimum absolute atomic E-state index is 0.153. The summed E-state index contributed by atoms with van der Waals surface area (Å²) in [5, 5.41) is 2.43. The molecule has 0 saturated carbocycles. The molecule has 0 bridgehead atoms. The lowest BCUT2D eigenvalue weighted by molar-refractivity contribution is -0.139. The molecule has 68 valence electrons. The molecule has 1 aliphatic heterocycles. The molecule has 1 N–H and O–H groups in total. The fourth-order valence-electron chi connectivity index (χ4n) is 0.970. The van der Waals surface area contributed by atoms with E-state index in [2.05, 4.69) is 15.0 Å². The van der Waals surface area contributed by atoms with E-state index in [0.29, 0.717) is 25.1 Å². The van der Waals surface area contributed by atoms with Crippen LogP contribution in [0.1, 0.15) is 6.42 Å². The summed E-state index contributed by atoms with van der Waals surface area (Å²) in [4.78, 5) is 24.8. The van der Waals surface area contributed by atoms with Crippen molar-refractivity contribution in [2.24, 2.45) is 4.99 Å². The topological polar surface area (TPSA) is 67.8 Å². The van der Waals surface area contributed by atoms with Crippen LogP contribution in [-0.4, -0.2) is 32.5 Å². The summed E-state index contributed by atoms with van der Waals surface area (Å²) in [6.45, 7) is 0. The predicted octanol–water partition coefficient (Wildman–Crippen LogP) is -1.06. The van der Waals surface area contributed by atoms with Crippen LogP contribution in [0.5, 0.6) is 0 Å². The molecule has 0 saturated heterocycles. The molecule has 0 spiro atoms. The van der Waals surface area contributed by atoms with Crippen molar-refractivity contribution in [3.8, 4) is 0 Å². The lowest BCUT2D eigenvalue weighted by atomic mass is 9.78. The Morgan fingerprint density at radius 2 is 2.62 bits per heavy atom. The average Bonchev–Trinajstić information content (AvgIpc) is 2.53. The van der Waals surface area contributed by atoms with Crippen LogP contribution < -0.4 is 5.32 Å². The Bertz CT molecular complexity index is 285. The summed E-state index contributed by atoms with van der Waals surface area (Å²) in [7, 11) is 1.89. The van der Waals surface area contributed by atoms with Crippen molar-refractivity contribution in [1.82, 2.24) is 5.32 Å². The molecule has 0 fully saturated rings. The Morgan fingerprint density at radius 3 is 3.23 bits per heavy atom. The minimum atomic E-state index is -0.331. The molecular formula is C7H9BN2O3. The van der Waals surface area contributed by atoms with Gasteiger partial charge in [-0.2, -0.15) is 0 Å². The maximum absolute atomic E-state index is 10.8. The largest absolute Gasteiger partial charge is 0.469 e. The van der Waals surface area contributed by atoms with E-state index in [1.807, 2.05) is 0 Å². The highest BCUT2D eigenvalue weighted by Crippen LogP contribution is 2.08.